The van der Waals surface area contributed by atoms with Crippen LogP contribution in [0, 0.1) is 6.92 Å². The predicted octanol–water partition coefficient (Wildman–Crippen LogP) is 1.63. The first-order valence-corrected chi connectivity index (χ1v) is 9.57. The average molecular weight is 335 g/mol. The number of carbonyl (C=O) groups excluding carboxylic acids is 1. The van der Waals surface area contributed by atoms with Gasteiger partial charge in [-0.2, -0.15) is 0 Å². The molecule has 1 aliphatic heterocycles. The van der Waals surface area contributed by atoms with Crippen LogP contribution in [0.3, 0.4) is 0 Å². The predicted molar refractivity (Wildman–Crippen MR) is 89.9 cm³/mol. The molecule has 0 spiro atoms. The molecule has 1 fully saturated rings. The molecule has 124 valence electrons. The van der Waals surface area contributed by atoms with E-state index in [2.05, 4.69) is 9.71 Å². The number of rotatable bonds is 3. The van der Waals surface area contributed by atoms with Crippen LogP contribution < -0.4 is 4.72 Å². The summed E-state index contributed by atoms with van der Waals surface area (Å²) in [5.74, 6) is -0.0844. The van der Waals surface area contributed by atoms with Crippen molar-refractivity contribution >= 4 is 26.8 Å². The molecular formula is C16H21N3O3S. The first-order valence-electron chi connectivity index (χ1n) is 7.68. The number of nitrogens with zero attached hydrogens (tertiary/aromatic N) is 1. The summed E-state index contributed by atoms with van der Waals surface area (Å²) in [4.78, 5) is 17.6. The SMILES string of the molecule is Cc1ccc2cc(C(=O)N3CCCC(NS(C)(=O)=O)C3)[nH]c2c1. The first kappa shape index (κ1) is 16.0. The summed E-state index contributed by atoms with van der Waals surface area (Å²) in [5, 5.41) is 1.00. The maximum Gasteiger partial charge on any atom is 0.270 e. The minimum atomic E-state index is -3.26. The Kier molecular flexibility index (Phi) is 4.16. The molecule has 2 heterocycles. The van der Waals surface area contributed by atoms with Crippen LogP contribution in [-0.2, 0) is 10.0 Å². The summed E-state index contributed by atoms with van der Waals surface area (Å²) in [6.07, 6.45) is 2.69. The second-order valence-electron chi connectivity index (χ2n) is 6.25. The third kappa shape index (κ3) is 3.73. The summed E-state index contributed by atoms with van der Waals surface area (Å²) < 4.78 is 25.3. The van der Waals surface area contributed by atoms with E-state index in [4.69, 9.17) is 0 Å². The Morgan fingerprint density at radius 1 is 1.35 bits per heavy atom. The Morgan fingerprint density at radius 2 is 2.13 bits per heavy atom. The van der Waals surface area contributed by atoms with Crippen LogP contribution >= 0.6 is 0 Å². The van der Waals surface area contributed by atoms with E-state index in [0.29, 0.717) is 18.8 Å². The molecule has 1 aromatic carbocycles. The number of sulfonamides is 1. The quantitative estimate of drug-likeness (QED) is 0.894. The van der Waals surface area contributed by atoms with Gasteiger partial charge in [-0.05, 0) is 37.5 Å². The lowest BCUT2D eigenvalue weighted by Gasteiger charge is -2.32. The third-order valence-corrected chi connectivity index (χ3v) is 4.86. The monoisotopic (exact) mass is 335 g/mol. The van der Waals surface area contributed by atoms with Gasteiger partial charge in [-0.3, -0.25) is 4.79 Å². The highest BCUT2D eigenvalue weighted by atomic mass is 32.2. The normalized spacial score (nSPS) is 19.2. The summed E-state index contributed by atoms with van der Waals surface area (Å²) in [6.45, 7) is 3.06. The molecule has 1 atom stereocenters. The number of H-pyrrole nitrogens is 1. The van der Waals surface area contributed by atoms with Crippen LogP contribution in [-0.4, -0.2) is 49.6 Å². The van der Waals surface area contributed by atoms with E-state index in [9.17, 15) is 13.2 Å². The molecule has 23 heavy (non-hydrogen) atoms. The second-order valence-corrected chi connectivity index (χ2v) is 8.03. The van der Waals surface area contributed by atoms with Gasteiger partial charge in [-0.1, -0.05) is 12.1 Å². The Hall–Kier alpha value is -1.86. The lowest BCUT2D eigenvalue weighted by Crippen LogP contribution is -2.49. The molecule has 3 rings (SSSR count). The van der Waals surface area contributed by atoms with E-state index in [1.165, 1.54) is 0 Å². The van der Waals surface area contributed by atoms with Gasteiger partial charge in [0.05, 0.1) is 6.26 Å². The largest absolute Gasteiger partial charge is 0.351 e. The van der Waals surface area contributed by atoms with E-state index in [1.54, 1.807) is 4.90 Å². The van der Waals surface area contributed by atoms with Crippen molar-refractivity contribution in [3.05, 3.63) is 35.5 Å². The van der Waals surface area contributed by atoms with Crippen LogP contribution in [0.25, 0.3) is 10.9 Å². The number of amides is 1. The Morgan fingerprint density at radius 3 is 2.87 bits per heavy atom. The number of nitrogens with one attached hydrogen (secondary N) is 2. The van der Waals surface area contributed by atoms with Crippen molar-refractivity contribution in [2.75, 3.05) is 19.3 Å². The van der Waals surface area contributed by atoms with Crippen molar-refractivity contribution in [3.8, 4) is 0 Å². The van der Waals surface area contributed by atoms with E-state index in [1.807, 2.05) is 31.2 Å². The van der Waals surface area contributed by atoms with Gasteiger partial charge < -0.3 is 9.88 Å². The molecule has 2 N–H and O–H groups in total. The first-order chi connectivity index (χ1) is 10.8. The molecular weight excluding hydrogens is 314 g/mol. The fraction of sp³-hybridized carbons (Fsp3) is 0.438. The fourth-order valence-electron chi connectivity index (χ4n) is 3.09. The molecule has 1 aromatic heterocycles. The molecule has 6 nitrogen and oxygen atoms in total. The maximum atomic E-state index is 12.7. The van der Waals surface area contributed by atoms with Crippen LogP contribution in [0.4, 0.5) is 0 Å². The minimum absolute atomic E-state index is 0.0844. The number of fused-ring (bicyclic) bond motifs is 1. The molecule has 2 aromatic rings. The minimum Gasteiger partial charge on any atom is -0.351 e. The zero-order valence-electron chi connectivity index (χ0n) is 13.3. The number of aromatic nitrogens is 1. The molecule has 1 unspecified atom stereocenters. The summed E-state index contributed by atoms with van der Waals surface area (Å²) in [7, 11) is -3.26. The highest BCUT2D eigenvalue weighted by Crippen LogP contribution is 2.20. The number of benzene rings is 1. The molecule has 0 radical (unpaired) electrons. The van der Waals surface area contributed by atoms with E-state index in [0.717, 1.165) is 35.6 Å². The van der Waals surface area contributed by atoms with Gasteiger partial charge in [0.1, 0.15) is 5.69 Å². The van der Waals surface area contributed by atoms with Gasteiger partial charge in [0.25, 0.3) is 5.91 Å². The van der Waals surface area contributed by atoms with E-state index >= 15 is 0 Å². The van der Waals surface area contributed by atoms with Gasteiger partial charge in [-0.25, -0.2) is 13.1 Å². The van der Waals surface area contributed by atoms with Gasteiger partial charge in [0.2, 0.25) is 10.0 Å². The fourth-order valence-corrected chi connectivity index (χ4v) is 3.88. The molecule has 1 amide bonds. The van der Waals surface area contributed by atoms with Crippen molar-refractivity contribution in [1.29, 1.82) is 0 Å². The standard InChI is InChI=1S/C16H21N3O3S/c1-11-5-6-12-9-15(17-14(12)8-11)16(20)19-7-3-4-13(10-19)18-23(2,21)22/h5-6,8-9,13,17-18H,3-4,7,10H2,1-2H3. The van der Waals surface area contributed by atoms with Gasteiger partial charge >= 0.3 is 0 Å². The molecule has 0 saturated carbocycles. The van der Waals surface area contributed by atoms with Crippen molar-refractivity contribution in [2.45, 2.75) is 25.8 Å². The van der Waals surface area contributed by atoms with Crippen molar-refractivity contribution in [3.63, 3.8) is 0 Å². The summed E-state index contributed by atoms with van der Waals surface area (Å²) in [5.41, 5.74) is 2.62. The Bertz CT molecular complexity index is 841. The van der Waals surface area contributed by atoms with Gasteiger partial charge in [0, 0.05) is 30.0 Å². The smallest absolute Gasteiger partial charge is 0.270 e. The van der Waals surface area contributed by atoms with Gasteiger partial charge in [0.15, 0.2) is 0 Å². The zero-order chi connectivity index (χ0) is 16.6. The number of aryl methyl sites for hydroxylation is 1. The average Bonchev–Trinajstić information content (AvgIpc) is 2.88. The van der Waals surface area contributed by atoms with Crippen molar-refractivity contribution in [2.24, 2.45) is 0 Å². The van der Waals surface area contributed by atoms with Crippen LogP contribution in [0.5, 0.6) is 0 Å². The van der Waals surface area contributed by atoms with Crippen LogP contribution in [0.15, 0.2) is 24.3 Å². The second kappa shape index (κ2) is 5.98. The number of hydrogen-bond acceptors (Lipinski definition) is 3. The molecule has 7 heteroatoms. The lowest BCUT2D eigenvalue weighted by molar-refractivity contribution is 0.0698. The molecule has 0 bridgehead atoms. The lowest BCUT2D eigenvalue weighted by atomic mass is 10.1. The van der Waals surface area contributed by atoms with E-state index in [-0.39, 0.29) is 11.9 Å². The van der Waals surface area contributed by atoms with Crippen molar-refractivity contribution < 1.29 is 13.2 Å². The van der Waals surface area contributed by atoms with Gasteiger partial charge in [-0.15, -0.1) is 0 Å². The number of carbonyl (C=O) groups is 1. The topological polar surface area (TPSA) is 82.3 Å². The number of hydrogen-bond donors (Lipinski definition) is 2. The third-order valence-electron chi connectivity index (χ3n) is 4.10. The van der Waals surface area contributed by atoms with Crippen LogP contribution in [0.1, 0.15) is 28.9 Å². The number of piperidine rings is 1. The summed E-state index contributed by atoms with van der Waals surface area (Å²) >= 11 is 0. The highest BCUT2D eigenvalue weighted by Gasteiger charge is 2.26. The van der Waals surface area contributed by atoms with Crippen LogP contribution in [0.2, 0.25) is 0 Å². The van der Waals surface area contributed by atoms with E-state index < -0.39 is 10.0 Å². The zero-order valence-corrected chi connectivity index (χ0v) is 14.1. The molecule has 1 aliphatic rings. The number of aromatic amines is 1. The maximum absolute atomic E-state index is 12.7. The highest BCUT2D eigenvalue weighted by molar-refractivity contribution is 7.88. The molecule has 0 aliphatic carbocycles. The summed E-state index contributed by atoms with van der Waals surface area (Å²) in [6, 6.07) is 7.65. The Balaban J connectivity index is 1.78. The Labute approximate surface area is 135 Å². The molecule has 1 saturated heterocycles. The number of likely N-dealkylation sites (tertiary alicyclic amines) is 1. The van der Waals surface area contributed by atoms with Crippen molar-refractivity contribution in [1.82, 2.24) is 14.6 Å².